The zero-order chi connectivity index (χ0) is 10.8. The van der Waals surface area contributed by atoms with Gasteiger partial charge < -0.3 is 9.14 Å². The van der Waals surface area contributed by atoms with E-state index in [1.165, 1.54) is 6.07 Å². The fraction of sp³-hybridized carbons (Fsp3) is 0.182. The molecule has 3 nitrogen and oxygen atoms in total. The first-order chi connectivity index (χ1) is 7.24. The van der Waals surface area contributed by atoms with Crippen LogP contribution in [0.3, 0.4) is 0 Å². The summed E-state index contributed by atoms with van der Waals surface area (Å²) in [5.74, 6) is -0.921. The van der Waals surface area contributed by atoms with Crippen LogP contribution in [0.5, 0.6) is 0 Å². The SMILES string of the molecule is CCOC(=O)c1ccn2cccc(F)c12. The summed E-state index contributed by atoms with van der Waals surface area (Å²) in [6.07, 6.45) is 3.31. The Hall–Kier alpha value is -1.84. The predicted octanol–water partition coefficient (Wildman–Crippen LogP) is 2.26. The van der Waals surface area contributed by atoms with Crippen molar-refractivity contribution < 1.29 is 13.9 Å². The smallest absolute Gasteiger partial charge is 0.340 e. The molecule has 0 amide bonds. The third-order valence-electron chi connectivity index (χ3n) is 2.13. The first-order valence-electron chi connectivity index (χ1n) is 4.66. The van der Waals surface area contributed by atoms with E-state index >= 15 is 0 Å². The molecule has 0 radical (unpaired) electrons. The molecule has 78 valence electrons. The number of hydrogen-bond donors (Lipinski definition) is 0. The van der Waals surface area contributed by atoms with Crippen molar-refractivity contribution in [3.05, 3.63) is 42.0 Å². The molecule has 0 aliphatic rings. The molecular formula is C11H10FNO2. The molecule has 0 N–H and O–H groups in total. The summed E-state index contributed by atoms with van der Waals surface area (Å²) < 4.78 is 19.8. The van der Waals surface area contributed by atoms with Crippen LogP contribution in [-0.2, 0) is 4.74 Å². The maximum Gasteiger partial charge on any atom is 0.340 e. The Kier molecular flexibility index (Phi) is 2.41. The van der Waals surface area contributed by atoms with Gasteiger partial charge in [-0.3, -0.25) is 0 Å². The number of rotatable bonds is 2. The molecule has 4 heteroatoms. The standard InChI is InChI=1S/C11H10FNO2/c1-2-15-11(14)8-5-7-13-6-3-4-9(12)10(8)13/h3-7H,2H2,1H3. The summed E-state index contributed by atoms with van der Waals surface area (Å²) in [5.41, 5.74) is 0.519. The quantitative estimate of drug-likeness (QED) is 0.707. The Balaban J connectivity index is 2.57. The van der Waals surface area contributed by atoms with Crippen molar-refractivity contribution in [3.8, 4) is 0 Å². The molecule has 0 unspecified atom stereocenters. The molecule has 0 fully saturated rings. The van der Waals surface area contributed by atoms with Crippen molar-refractivity contribution in [1.29, 1.82) is 0 Å². The molecule has 0 aliphatic heterocycles. The van der Waals surface area contributed by atoms with E-state index in [2.05, 4.69) is 0 Å². The molecule has 2 aromatic rings. The van der Waals surface area contributed by atoms with Crippen LogP contribution < -0.4 is 0 Å². The van der Waals surface area contributed by atoms with Gasteiger partial charge in [-0.25, -0.2) is 9.18 Å². The average Bonchev–Trinajstić information content (AvgIpc) is 2.63. The van der Waals surface area contributed by atoms with Gasteiger partial charge in [0.05, 0.1) is 17.7 Å². The van der Waals surface area contributed by atoms with E-state index in [1.807, 2.05) is 0 Å². The fourth-order valence-electron chi connectivity index (χ4n) is 1.50. The summed E-state index contributed by atoms with van der Waals surface area (Å²) in [4.78, 5) is 11.5. The summed E-state index contributed by atoms with van der Waals surface area (Å²) in [5, 5.41) is 0. The molecule has 0 spiro atoms. The fourth-order valence-corrected chi connectivity index (χ4v) is 1.50. The monoisotopic (exact) mass is 207 g/mol. The number of carbonyl (C=O) groups is 1. The van der Waals surface area contributed by atoms with E-state index in [0.717, 1.165) is 0 Å². The Morgan fingerprint density at radius 3 is 3.00 bits per heavy atom. The highest BCUT2D eigenvalue weighted by Gasteiger charge is 2.14. The van der Waals surface area contributed by atoms with Crippen molar-refractivity contribution in [2.75, 3.05) is 6.61 Å². The Labute approximate surface area is 86.1 Å². The van der Waals surface area contributed by atoms with E-state index in [-0.39, 0.29) is 17.7 Å². The molecule has 2 heterocycles. The molecule has 0 saturated carbocycles. The first-order valence-corrected chi connectivity index (χ1v) is 4.66. The van der Waals surface area contributed by atoms with Gasteiger partial charge in [-0.2, -0.15) is 0 Å². The van der Waals surface area contributed by atoms with Crippen molar-refractivity contribution in [3.63, 3.8) is 0 Å². The summed E-state index contributed by atoms with van der Waals surface area (Å²) >= 11 is 0. The van der Waals surface area contributed by atoms with E-state index in [1.54, 1.807) is 35.9 Å². The van der Waals surface area contributed by atoms with E-state index in [4.69, 9.17) is 4.74 Å². The van der Waals surface area contributed by atoms with Crippen LogP contribution in [0.15, 0.2) is 30.6 Å². The van der Waals surface area contributed by atoms with Crippen molar-refractivity contribution in [1.82, 2.24) is 4.40 Å². The van der Waals surface area contributed by atoms with Crippen molar-refractivity contribution in [2.45, 2.75) is 6.92 Å². The van der Waals surface area contributed by atoms with Crippen LogP contribution >= 0.6 is 0 Å². The highest BCUT2D eigenvalue weighted by molar-refractivity contribution is 5.97. The maximum atomic E-state index is 13.5. The van der Waals surface area contributed by atoms with Crippen LogP contribution in [0.4, 0.5) is 4.39 Å². The third-order valence-corrected chi connectivity index (χ3v) is 2.13. The van der Waals surface area contributed by atoms with Gasteiger partial charge in [0.15, 0.2) is 0 Å². The number of fused-ring (bicyclic) bond motifs is 1. The molecule has 15 heavy (non-hydrogen) atoms. The number of aromatic nitrogens is 1. The van der Waals surface area contributed by atoms with Gasteiger partial charge in [-0.1, -0.05) is 0 Å². The van der Waals surface area contributed by atoms with Crippen LogP contribution in [0.25, 0.3) is 5.52 Å². The second kappa shape index (κ2) is 3.73. The largest absolute Gasteiger partial charge is 0.462 e. The van der Waals surface area contributed by atoms with Gasteiger partial charge in [0.25, 0.3) is 0 Å². The van der Waals surface area contributed by atoms with Gasteiger partial charge in [-0.15, -0.1) is 0 Å². The summed E-state index contributed by atoms with van der Waals surface area (Å²) in [7, 11) is 0. The zero-order valence-corrected chi connectivity index (χ0v) is 8.24. The number of pyridine rings is 1. The van der Waals surface area contributed by atoms with Gasteiger partial charge >= 0.3 is 5.97 Å². The summed E-state index contributed by atoms with van der Waals surface area (Å²) in [6, 6.07) is 4.45. The molecule has 0 aliphatic carbocycles. The molecule has 0 aromatic carbocycles. The number of ether oxygens (including phenoxy) is 1. The molecule has 2 rings (SSSR count). The minimum Gasteiger partial charge on any atom is -0.462 e. The number of esters is 1. The molecule has 0 atom stereocenters. The maximum absolute atomic E-state index is 13.5. The van der Waals surface area contributed by atoms with Gasteiger partial charge in [0.2, 0.25) is 0 Å². The van der Waals surface area contributed by atoms with Crippen LogP contribution in [0, 0.1) is 5.82 Å². The average molecular weight is 207 g/mol. The number of halogens is 1. The number of nitrogens with zero attached hydrogens (tertiary/aromatic N) is 1. The third kappa shape index (κ3) is 1.58. The lowest BCUT2D eigenvalue weighted by molar-refractivity contribution is 0.0528. The Morgan fingerprint density at radius 2 is 2.27 bits per heavy atom. The highest BCUT2D eigenvalue weighted by atomic mass is 19.1. The van der Waals surface area contributed by atoms with Crippen LogP contribution in [0.2, 0.25) is 0 Å². The topological polar surface area (TPSA) is 30.7 Å². The Bertz CT molecular complexity index is 504. The van der Waals surface area contributed by atoms with Crippen LogP contribution in [0.1, 0.15) is 17.3 Å². The molecular weight excluding hydrogens is 197 g/mol. The highest BCUT2D eigenvalue weighted by Crippen LogP contribution is 2.17. The summed E-state index contributed by atoms with van der Waals surface area (Å²) in [6.45, 7) is 2.00. The number of hydrogen-bond acceptors (Lipinski definition) is 2. The molecule has 0 bridgehead atoms. The number of carbonyl (C=O) groups excluding carboxylic acids is 1. The van der Waals surface area contributed by atoms with E-state index < -0.39 is 11.8 Å². The van der Waals surface area contributed by atoms with Crippen molar-refractivity contribution >= 4 is 11.5 Å². The lowest BCUT2D eigenvalue weighted by Crippen LogP contribution is -2.04. The second-order valence-electron chi connectivity index (χ2n) is 3.06. The lowest BCUT2D eigenvalue weighted by Gasteiger charge is -2.01. The second-order valence-corrected chi connectivity index (χ2v) is 3.06. The Morgan fingerprint density at radius 1 is 1.47 bits per heavy atom. The van der Waals surface area contributed by atoms with Crippen molar-refractivity contribution in [2.24, 2.45) is 0 Å². The zero-order valence-electron chi connectivity index (χ0n) is 8.24. The predicted molar refractivity (Wildman–Crippen MR) is 53.3 cm³/mol. The minimum atomic E-state index is -0.495. The molecule has 2 aromatic heterocycles. The van der Waals surface area contributed by atoms with Gasteiger partial charge in [0.1, 0.15) is 5.82 Å². The normalized spacial score (nSPS) is 10.5. The van der Waals surface area contributed by atoms with Crippen LogP contribution in [-0.4, -0.2) is 17.0 Å². The molecule has 0 saturated heterocycles. The lowest BCUT2D eigenvalue weighted by atomic mass is 10.2. The first kappa shape index (κ1) is 9.71. The minimum absolute atomic E-state index is 0.259. The van der Waals surface area contributed by atoms with E-state index in [9.17, 15) is 9.18 Å². The van der Waals surface area contributed by atoms with Gasteiger partial charge in [0, 0.05) is 12.4 Å². The van der Waals surface area contributed by atoms with E-state index in [0.29, 0.717) is 0 Å². The van der Waals surface area contributed by atoms with Gasteiger partial charge in [-0.05, 0) is 25.1 Å².